The number of rotatable bonds is 2. The third kappa shape index (κ3) is 1.99. The van der Waals surface area contributed by atoms with E-state index in [-0.39, 0.29) is 17.4 Å². The fraction of sp³-hybridized carbons (Fsp3) is 0.706. The van der Waals surface area contributed by atoms with Gasteiger partial charge in [-0.3, -0.25) is 4.79 Å². The van der Waals surface area contributed by atoms with Gasteiger partial charge in [-0.2, -0.15) is 0 Å². The first-order chi connectivity index (χ1) is 10.5. The molecule has 1 amide bonds. The predicted molar refractivity (Wildman–Crippen MR) is 85.2 cm³/mol. The summed E-state index contributed by atoms with van der Waals surface area (Å²) in [4.78, 5) is 17.1. The molecule has 4 rings (SSSR count). The zero-order valence-corrected chi connectivity index (χ0v) is 14.2. The van der Waals surface area contributed by atoms with E-state index in [2.05, 4.69) is 13.8 Å². The minimum Gasteiger partial charge on any atom is -0.377 e. The molecule has 0 radical (unpaired) electrons. The van der Waals surface area contributed by atoms with Gasteiger partial charge in [-0.25, -0.2) is 0 Å². The summed E-state index contributed by atoms with van der Waals surface area (Å²) in [6, 6.07) is 2.31. The molecule has 1 saturated carbocycles. The highest BCUT2D eigenvalue weighted by Crippen LogP contribution is 2.54. The van der Waals surface area contributed by atoms with Crippen LogP contribution in [0.4, 0.5) is 0 Å². The molecule has 0 spiro atoms. The normalized spacial score (nSPS) is 32.0. The van der Waals surface area contributed by atoms with Gasteiger partial charge in [0.15, 0.2) is 0 Å². The lowest BCUT2D eigenvalue weighted by Gasteiger charge is -2.57. The molecule has 0 bridgehead atoms. The van der Waals surface area contributed by atoms with Gasteiger partial charge < -0.3 is 14.4 Å². The van der Waals surface area contributed by atoms with Crippen molar-refractivity contribution in [2.45, 2.75) is 45.4 Å². The lowest BCUT2D eigenvalue weighted by atomic mass is 9.57. The molecule has 3 heterocycles. The summed E-state index contributed by atoms with van der Waals surface area (Å²) in [6.07, 6.45) is 2.33. The van der Waals surface area contributed by atoms with Crippen LogP contribution in [0.1, 0.15) is 40.4 Å². The maximum absolute atomic E-state index is 12.9. The molecule has 3 atom stereocenters. The Morgan fingerprint density at radius 1 is 1.41 bits per heavy atom. The highest BCUT2D eigenvalue weighted by molar-refractivity contribution is 7.14. The molecule has 0 N–H and O–H groups in total. The van der Waals surface area contributed by atoms with E-state index < -0.39 is 0 Å². The molecule has 4 nitrogen and oxygen atoms in total. The first kappa shape index (κ1) is 14.7. The Labute approximate surface area is 135 Å². The van der Waals surface area contributed by atoms with Crippen LogP contribution < -0.4 is 0 Å². The van der Waals surface area contributed by atoms with Crippen LogP contribution >= 0.6 is 11.3 Å². The van der Waals surface area contributed by atoms with Crippen LogP contribution in [0.15, 0.2) is 6.07 Å². The molecule has 1 aromatic rings. The Kier molecular flexibility index (Phi) is 3.36. The Morgan fingerprint density at radius 2 is 2.23 bits per heavy atom. The molecule has 22 heavy (non-hydrogen) atoms. The molecular weight excluding hydrogens is 298 g/mol. The van der Waals surface area contributed by atoms with Gasteiger partial charge in [0.1, 0.15) is 0 Å². The molecule has 2 aliphatic heterocycles. The van der Waals surface area contributed by atoms with Gasteiger partial charge in [-0.15, -0.1) is 11.3 Å². The number of thiophene rings is 1. The lowest BCUT2D eigenvalue weighted by molar-refractivity contribution is -0.139. The Balaban J connectivity index is 1.56. The van der Waals surface area contributed by atoms with Crippen LogP contribution in [0.5, 0.6) is 0 Å². The molecule has 1 saturated heterocycles. The van der Waals surface area contributed by atoms with E-state index in [4.69, 9.17) is 9.47 Å². The second-order valence-corrected chi connectivity index (χ2v) is 8.42. The summed E-state index contributed by atoms with van der Waals surface area (Å²) in [5.74, 6) is 0.657. The van der Waals surface area contributed by atoms with Gasteiger partial charge in [-0.1, -0.05) is 13.8 Å². The number of hydrogen-bond acceptors (Lipinski definition) is 4. The van der Waals surface area contributed by atoms with Crippen LogP contribution in [0.2, 0.25) is 0 Å². The van der Waals surface area contributed by atoms with Crippen molar-refractivity contribution < 1.29 is 14.3 Å². The number of nitrogens with zero attached hydrogens (tertiary/aromatic N) is 1. The third-order valence-electron chi connectivity index (χ3n) is 5.61. The van der Waals surface area contributed by atoms with Crippen molar-refractivity contribution in [3.05, 3.63) is 21.4 Å². The van der Waals surface area contributed by atoms with E-state index in [0.29, 0.717) is 18.6 Å². The summed E-state index contributed by atoms with van der Waals surface area (Å²) >= 11 is 1.65. The van der Waals surface area contributed by atoms with Crippen molar-refractivity contribution in [2.24, 2.45) is 11.3 Å². The summed E-state index contributed by atoms with van der Waals surface area (Å²) < 4.78 is 11.3. The van der Waals surface area contributed by atoms with Crippen LogP contribution in [0, 0.1) is 11.3 Å². The molecule has 1 aliphatic carbocycles. The topological polar surface area (TPSA) is 38.8 Å². The van der Waals surface area contributed by atoms with E-state index in [0.717, 1.165) is 30.9 Å². The van der Waals surface area contributed by atoms with Gasteiger partial charge in [0.2, 0.25) is 0 Å². The van der Waals surface area contributed by atoms with Gasteiger partial charge in [0.05, 0.1) is 24.2 Å². The third-order valence-corrected chi connectivity index (χ3v) is 6.84. The Morgan fingerprint density at radius 3 is 3.00 bits per heavy atom. The fourth-order valence-corrected chi connectivity index (χ4v) is 5.77. The van der Waals surface area contributed by atoms with Gasteiger partial charge in [0, 0.05) is 42.3 Å². The highest BCUT2D eigenvalue weighted by atomic mass is 32.1. The van der Waals surface area contributed by atoms with Crippen LogP contribution in [-0.4, -0.2) is 43.2 Å². The standard InChI is InChI=1S/C17H23NO3S/c1-17(2)14(11-4-7-21-15(11)17)18(3)16(19)13-8-10-9-20-6-5-12(10)22-13/h8,11,14-15H,4-7,9H2,1-3H3. The SMILES string of the molecule is CN(C(=O)c1cc2c(s1)CCOC2)C1C2CCOC2C1(C)C. The monoisotopic (exact) mass is 321 g/mol. The van der Waals surface area contributed by atoms with Gasteiger partial charge in [0.25, 0.3) is 5.91 Å². The first-order valence-corrected chi connectivity index (χ1v) is 8.90. The van der Waals surface area contributed by atoms with E-state index >= 15 is 0 Å². The quantitative estimate of drug-likeness (QED) is 0.841. The van der Waals surface area contributed by atoms with Crippen molar-refractivity contribution in [3.8, 4) is 0 Å². The second kappa shape index (κ2) is 5.05. The molecule has 0 aromatic carbocycles. The number of carbonyl (C=O) groups is 1. The maximum Gasteiger partial charge on any atom is 0.263 e. The highest BCUT2D eigenvalue weighted by Gasteiger charge is 2.61. The van der Waals surface area contributed by atoms with E-state index in [1.807, 2.05) is 18.0 Å². The largest absolute Gasteiger partial charge is 0.377 e. The first-order valence-electron chi connectivity index (χ1n) is 8.08. The van der Waals surface area contributed by atoms with Crippen LogP contribution in [0.25, 0.3) is 0 Å². The van der Waals surface area contributed by atoms with E-state index in [1.54, 1.807) is 11.3 Å². The van der Waals surface area contributed by atoms with E-state index in [9.17, 15) is 4.79 Å². The molecule has 120 valence electrons. The minimum absolute atomic E-state index is 0.0472. The van der Waals surface area contributed by atoms with Crippen molar-refractivity contribution >= 4 is 17.2 Å². The van der Waals surface area contributed by atoms with Crippen LogP contribution in [0.3, 0.4) is 0 Å². The second-order valence-electron chi connectivity index (χ2n) is 7.29. The summed E-state index contributed by atoms with van der Waals surface area (Å²) in [5.41, 5.74) is 1.24. The molecule has 3 unspecified atom stereocenters. The van der Waals surface area contributed by atoms with Crippen molar-refractivity contribution in [1.82, 2.24) is 4.90 Å². The Bertz CT molecular complexity index is 586. The maximum atomic E-state index is 12.9. The zero-order valence-electron chi connectivity index (χ0n) is 13.4. The van der Waals surface area contributed by atoms with Gasteiger partial charge >= 0.3 is 0 Å². The van der Waals surface area contributed by atoms with Gasteiger partial charge in [-0.05, 0) is 18.1 Å². The number of carbonyl (C=O) groups excluding carboxylic acids is 1. The van der Waals surface area contributed by atoms with Crippen molar-refractivity contribution in [3.63, 3.8) is 0 Å². The molecule has 1 aromatic heterocycles. The number of fused-ring (bicyclic) bond motifs is 2. The lowest BCUT2D eigenvalue weighted by Crippen LogP contribution is -2.66. The Hall–Kier alpha value is -0.910. The van der Waals surface area contributed by atoms with Crippen molar-refractivity contribution in [2.75, 3.05) is 20.3 Å². The smallest absolute Gasteiger partial charge is 0.263 e. The van der Waals surface area contributed by atoms with Crippen molar-refractivity contribution in [1.29, 1.82) is 0 Å². The summed E-state index contributed by atoms with van der Waals surface area (Å²) in [7, 11) is 1.96. The average Bonchev–Trinajstić information content (AvgIpc) is 3.10. The molecule has 2 fully saturated rings. The minimum atomic E-state index is 0.0472. The summed E-state index contributed by atoms with van der Waals surface area (Å²) in [5, 5.41) is 0. The number of amides is 1. The predicted octanol–water partition coefficient (Wildman–Crippen LogP) is 2.71. The number of hydrogen-bond donors (Lipinski definition) is 0. The van der Waals surface area contributed by atoms with E-state index in [1.165, 1.54) is 10.4 Å². The average molecular weight is 321 g/mol. The van der Waals surface area contributed by atoms with Crippen LogP contribution in [-0.2, 0) is 22.5 Å². The summed E-state index contributed by atoms with van der Waals surface area (Å²) in [6.45, 7) is 6.70. The molecule has 3 aliphatic rings. The molecular formula is C17H23NO3S. The number of ether oxygens (including phenoxy) is 2. The molecule has 5 heteroatoms. The zero-order chi connectivity index (χ0) is 15.5. The fourth-order valence-electron chi connectivity index (χ4n) is 4.64.